The molecule has 2 fully saturated rings. The van der Waals surface area contributed by atoms with Gasteiger partial charge < -0.3 is 9.64 Å². The third kappa shape index (κ3) is 4.89. The molecule has 1 aromatic heterocycles. The fraction of sp³-hybridized carbons (Fsp3) is 0.320. The molecule has 1 saturated carbocycles. The minimum Gasteiger partial charge on any atom is -0.452 e. The lowest BCUT2D eigenvalue weighted by molar-refractivity contribution is -0.135. The van der Waals surface area contributed by atoms with Crippen molar-refractivity contribution in [3.63, 3.8) is 0 Å². The number of ether oxygens (including phenoxy) is 1. The van der Waals surface area contributed by atoms with Crippen molar-refractivity contribution in [1.82, 2.24) is 14.2 Å². The Hall–Kier alpha value is -3.37. The summed E-state index contributed by atoms with van der Waals surface area (Å²) in [5.41, 5.74) is 1.97. The molecule has 0 unspecified atom stereocenters. The molecule has 1 aliphatic heterocycles. The van der Waals surface area contributed by atoms with Crippen LogP contribution in [0, 0.1) is 5.82 Å². The molecule has 182 valence electrons. The Morgan fingerprint density at radius 3 is 2.37 bits per heavy atom. The minimum absolute atomic E-state index is 0.00255. The highest BCUT2D eigenvalue weighted by Gasteiger charge is 2.31. The first-order valence-corrected chi connectivity index (χ1v) is 12.9. The van der Waals surface area contributed by atoms with Gasteiger partial charge in [0, 0.05) is 43.2 Å². The van der Waals surface area contributed by atoms with Crippen molar-refractivity contribution in [2.45, 2.75) is 23.7 Å². The van der Waals surface area contributed by atoms with Crippen molar-refractivity contribution in [2.75, 3.05) is 32.8 Å². The second kappa shape index (κ2) is 9.35. The number of piperazine rings is 1. The van der Waals surface area contributed by atoms with Gasteiger partial charge in [0.2, 0.25) is 10.0 Å². The number of aromatic nitrogens is 1. The van der Waals surface area contributed by atoms with Crippen molar-refractivity contribution in [3.8, 4) is 0 Å². The lowest BCUT2D eigenvalue weighted by Crippen LogP contribution is -2.51. The fourth-order valence-corrected chi connectivity index (χ4v) is 5.61. The molecule has 0 bridgehead atoms. The predicted molar refractivity (Wildman–Crippen MR) is 126 cm³/mol. The molecule has 0 atom stereocenters. The van der Waals surface area contributed by atoms with Crippen molar-refractivity contribution < 1.29 is 27.1 Å². The number of pyridine rings is 1. The summed E-state index contributed by atoms with van der Waals surface area (Å²) in [6.07, 6.45) is 2.09. The summed E-state index contributed by atoms with van der Waals surface area (Å²) < 4.78 is 45.3. The summed E-state index contributed by atoms with van der Waals surface area (Å²) in [5.74, 6) is -1.14. The van der Waals surface area contributed by atoms with E-state index in [0.717, 1.165) is 30.7 Å². The van der Waals surface area contributed by atoms with Gasteiger partial charge in [-0.3, -0.25) is 9.78 Å². The van der Waals surface area contributed by atoms with Crippen LogP contribution < -0.4 is 0 Å². The minimum atomic E-state index is -3.78. The zero-order valence-corrected chi connectivity index (χ0v) is 19.7. The van der Waals surface area contributed by atoms with Crippen LogP contribution in [0.1, 0.15) is 34.8 Å². The molecule has 0 radical (unpaired) electrons. The second-order valence-corrected chi connectivity index (χ2v) is 10.6. The van der Waals surface area contributed by atoms with Gasteiger partial charge in [-0.25, -0.2) is 17.6 Å². The average Bonchev–Trinajstić information content (AvgIpc) is 3.72. The van der Waals surface area contributed by atoms with Crippen LogP contribution in [0.2, 0.25) is 0 Å². The van der Waals surface area contributed by atoms with Crippen LogP contribution in [-0.4, -0.2) is 67.3 Å². The summed E-state index contributed by atoms with van der Waals surface area (Å²) in [7, 11) is -3.78. The number of hydrogen-bond donors (Lipinski definition) is 0. The highest BCUT2D eigenvalue weighted by atomic mass is 32.2. The first kappa shape index (κ1) is 23.4. The molecule has 2 aromatic carbocycles. The van der Waals surface area contributed by atoms with Crippen molar-refractivity contribution >= 4 is 32.8 Å². The first-order valence-electron chi connectivity index (χ1n) is 11.4. The SMILES string of the molecule is O=C(OCC(=O)N1CCN(S(=O)(=O)c2ccc(F)cc2)CC1)c1cc(C2CC2)nc2ccccc12. The molecule has 1 saturated heterocycles. The van der Waals surface area contributed by atoms with Gasteiger partial charge in [0.15, 0.2) is 6.61 Å². The van der Waals surface area contributed by atoms with E-state index >= 15 is 0 Å². The molecule has 1 aliphatic carbocycles. The normalized spacial score (nSPS) is 16.9. The van der Waals surface area contributed by atoms with Gasteiger partial charge in [0.1, 0.15) is 5.82 Å². The summed E-state index contributed by atoms with van der Waals surface area (Å²) >= 11 is 0. The van der Waals surface area contributed by atoms with Crippen LogP contribution in [0.3, 0.4) is 0 Å². The molecule has 1 amide bonds. The number of fused-ring (bicyclic) bond motifs is 1. The average molecular weight is 498 g/mol. The number of carbonyl (C=O) groups excluding carboxylic acids is 2. The molecular weight excluding hydrogens is 473 g/mol. The number of sulfonamides is 1. The Labute approximate surface area is 202 Å². The summed E-state index contributed by atoms with van der Waals surface area (Å²) in [4.78, 5) is 31.7. The summed E-state index contributed by atoms with van der Waals surface area (Å²) in [6, 6.07) is 13.7. The van der Waals surface area contributed by atoms with E-state index in [1.807, 2.05) is 18.2 Å². The molecule has 2 heterocycles. The largest absolute Gasteiger partial charge is 0.452 e. The maximum atomic E-state index is 13.1. The lowest BCUT2D eigenvalue weighted by atomic mass is 10.1. The number of benzene rings is 2. The van der Waals surface area contributed by atoms with E-state index in [2.05, 4.69) is 4.98 Å². The number of esters is 1. The maximum Gasteiger partial charge on any atom is 0.339 e. The maximum absolute atomic E-state index is 13.1. The molecule has 5 rings (SSSR count). The number of rotatable bonds is 6. The molecule has 2 aliphatic rings. The zero-order chi connectivity index (χ0) is 24.6. The third-order valence-corrected chi connectivity index (χ3v) is 8.23. The Morgan fingerprint density at radius 2 is 1.69 bits per heavy atom. The molecular formula is C25H24FN3O5S. The van der Waals surface area contributed by atoms with Gasteiger partial charge in [-0.2, -0.15) is 4.31 Å². The number of hydrogen-bond acceptors (Lipinski definition) is 6. The van der Waals surface area contributed by atoms with Gasteiger partial charge in [-0.15, -0.1) is 0 Å². The van der Waals surface area contributed by atoms with Gasteiger partial charge in [-0.1, -0.05) is 18.2 Å². The molecule has 3 aromatic rings. The number of carbonyl (C=O) groups is 2. The van der Waals surface area contributed by atoms with E-state index in [4.69, 9.17) is 4.74 Å². The Bertz CT molecular complexity index is 1380. The van der Waals surface area contributed by atoms with Crippen LogP contribution in [0.25, 0.3) is 10.9 Å². The highest BCUT2D eigenvalue weighted by Crippen LogP contribution is 2.40. The van der Waals surface area contributed by atoms with Crippen molar-refractivity contribution in [1.29, 1.82) is 0 Å². The first-order chi connectivity index (χ1) is 16.8. The van der Waals surface area contributed by atoms with Crippen LogP contribution in [0.4, 0.5) is 4.39 Å². The van der Waals surface area contributed by atoms with E-state index in [1.165, 1.54) is 21.3 Å². The third-order valence-electron chi connectivity index (χ3n) is 6.32. The van der Waals surface area contributed by atoms with Crippen LogP contribution in [-0.2, 0) is 19.6 Å². The van der Waals surface area contributed by atoms with Crippen molar-refractivity contribution in [3.05, 3.63) is 71.7 Å². The number of amides is 1. The Kier molecular flexibility index (Phi) is 6.24. The van der Waals surface area contributed by atoms with Gasteiger partial charge in [0.25, 0.3) is 5.91 Å². The molecule has 0 N–H and O–H groups in total. The smallest absolute Gasteiger partial charge is 0.339 e. The van der Waals surface area contributed by atoms with Crippen LogP contribution >= 0.6 is 0 Å². The highest BCUT2D eigenvalue weighted by molar-refractivity contribution is 7.89. The fourth-order valence-electron chi connectivity index (χ4n) is 4.18. The van der Waals surface area contributed by atoms with Gasteiger partial charge in [-0.05, 0) is 49.2 Å². The number of para-hydroxylation sites is 1. The quantitative estimate of drug-likeness (QED) is 0.486. The summed E-state index contributed by atoms with van der Waals surface area (Å²) in [6.45, 7) is 0.0961. The molecule has 0 spiro atoms. The van der Waals surface area contributed by atoms with Crippen LogP contribution in [0.15, 0.2) is 59.5 Å². The van der Waals surface area contributed by atoms with E-state index in [1.54, 1.807) is 12.1 Å². The Morgan fingerprint density at radius 1 is 1.00 bits per heavy atom. The van der Waals surface area contributed by atoms with Crippen LogP contribution in [0.5, 0.6) is 0 Å². The monoisotopic (exact) mass is 497 g/mol. The van der Waals surface area contributed by atoms with Crippen molar-refractivity contribution in [2.24, 2.45) is 0 Å². The predicted octanol–water partition coefficient (Wildman–Crippen LogP) is 2.94. The summed E-state index contributed by atoms with van der Waals surface area (Å²) in [5, 5.41) is 0.675. The zero-order valence-electron chi connectivity index (χ0n) is 18.9. The van der Waals surface area contributed by atoms with Gasteiger partial charge >= 0.3 is 5.97 Å². The van der Waals surface area contributed by atoms with E-state index in [0.29, 0.717) is 22.4 Å². The molecule has 35 heavy (non-hydrogen) atoms. The second-order valence-electron chi connectivity index (χ2n) is 8.70. The van der Waals surface area contributed by atoms with Gasteiger partial charge in [0.05, 0.1) is 16.0 Å². The van der Waals surface area contributed by atoms with E-state index in [-0.39, 0.29) is 31.1 Å². The number of nitrogens with zero attached hydrogens (tertiary/aromatic N) is 3. The van der Waals surface area contributed by atoms with E-state index < -0.39 is 34.3 Å². The number of halogens is 1. The Balaban J connectivity index is 1.20. The standard InChI is InChI=1S/C25H24FN3O5S/c26-18-7-9-19(10-8-18)35(32,33)29-13-11-28(12-14-29)24(30)16-34-25(31)21-15-23(17-5-6-17)27-22-4-2-1-3-20(21)22/h1-4,7-10,15,17H,5-6,11-14,16H2. The topological polar surface area (TPSA) is 96.9 Å². The molecule has 10 heteroatoms. The molecule has 8 nitrogen and oxygen atoms in total. The van der Waals surface area contributed by atoms with E-state index in [9.17, 15) is 22.4 Å². The lowest BCUT2D eigenvalue weighted by Gasteiger charge is -2.33.